The first-order chi connectivity index (χ1) is 45.6. The highest BCUT2D eigenvalue weighted by Gasteiger charge is 2.30. The molecule has 0 radical (unpaired) electrons. The number of carbonyl (C=O) groups excluding carboxylic acids is 4. The number of phosphoric ester groups is 2. The van der Waals surface area contributed by atoms with Crippen molar-refractivity contribution in [2.24, 2.45) is 23.7 Å². The molecule has 0 spiro atoms. The predicted octanol–water partition coefficient (Wildman–Crippen LogP) is 22.0. The number of ether oxygens (including phenoxy) is 4. The first-order valence-corrected chi connectivity index (χ1v) is 42.2. The molecule has 0 fully saturated rings. The van der Waals surface area contributed by atoms with Gasteiger partial charge in [-0.25, -0.2) is 9.13 Å². The minimum Gasteiger partial charge on any atom is -0.462 e. The van der Waals surface area contributed by atoms with Gasteiger partial charge in [-0.1, -0.05) is 331 Å². The predicted molar refractivity (Wildman–Crippen MR) is 386 cm³/mol. The summed E-state index contributed by atoms with van der Waals surface area (Å²) in [5, 5.41) is 10.6. The van der Waals surface area contributed by atoms with E-state index < -0.39 is 97.5 Å². The summed E-state index contributed by atoms with van der Waals surface area (Å²) >= 11 is 0. The number of aliphatic hydroxyl groups is 1. The lowest BCUT2D eigenvalue weighted by Gasteiger charge is -2.21. The number of rotatable bonds is 73. The number of esters is 4. The fourth-order valence-corrected chi connectivity index (χ4v) is 13.1. The standard InChI is InChI=1S/C76H148O17P2/c1-66(2)52-44-36-28-21-17-15-13-11-9-10-12-14-16-18-23-32-40-48-56-73(78)86-62-71(92-75(80)58-50-42-34-24-20-19-22-29-37-45-53-67(3)4)64-90-94(82,83)88-60-70(77)61-89-95(84,85)91-65-72(93-76(81)59-51-43-35-27-31-39-47-55-69(7)8)63-87-74(79)57-49-41-33-26-25-30-38-46-54-68(5)6/h66-72,77H,9-65H2,1-8H3,(H,82,83)(H,84,85)/t70?,71-,72-/m1/s1. The molecule has 95 heavy (non-hydrogen) atoms. The number of carbonyl (C=O) groups is 4. The van der Waals surface area contributed by atoms with Gasteiger partial charge in [0.1, 0.15) is 19.3 Å². The van der Waals surface area contributed by atoms with E-state index in [1.54, 1.807) is 0 Å². The Balaban J connectivity index is 5.17. The fourth-order valence-electron chi connectivity index (χ4n) is 11.6. The average Bonchev–Trinajstić information content (AvgIpc) is 1.67. The van der Waals surface area contributed by atoms with Gasteiger partial charge >= 0.3 is 39.5 Å². The number of unbranched alkanes of at least 4 members (excludes halogenated alkanes) is 39. The van der Waals surface area contributed by atoms with Crippen molar-refractivity contribution in [2.75, 3.05) is 39.6 Å². The minimum atomic E-state index is -4.96. The third-order valence-electron chi connectivity index (χ3n) is 17.6. The quantitative estimate of drug-likeness (QED) is 0.0222. The van der Waals surface area contributed by atoms with Crippen LogP contribution in [0.4, 0.5) is 0 Å². The Bertz CT molecular complexity index is 1870. The lowest BCUT2D eigenvalue weighted by molar-refractivity contribution is -0.161. The fraction of sp³-hybridized carbons (Fsp3) is 0.947. The lowest BCUT2D eigenvalue weighted by atomic mass is 10.0. The van der Waals surface area contributed by atoms with Crippen LogP contribution in [0.2, 0.25) is 0 Å². The second-order valence-corrected chi connectivity index (χ2v) is 32.2. The van der Waals surface area contributed by atoms with Gasteiger partial charge in [0.05, 0.1) is 26.4 Å². The zero-order valence-electron chi connectivity index (χ0n) is 62.3. The van der Waals surface area contributed by atoms with E-state index in [4.69, 9.17) is 37.0 Å². The zero-order chi connectivity index (χ0) is 70.3. The van der Waals surface area contributed by atoms with E-state index in [1.807, 2.05) is 0 Å². The molecule has 0 aromatic carbocycles. The molecule has 3 N–H and O–H groups in total. The maximum atomic E-state index is 13.1. The molecule has 17 nitrogen and oxygen atoms in total. The van der Waals surface area contributed by atoms with Crippen LogP contribution in [0, 0.1) is 23.7 Å². The molecule has 5 atom stereocenters. The van der Waals surface area contributed by atoms with Gasteiger partial charge in [-0.05, 0) is 49.4 Å². The highest BCUT2D eigenvalue weighted by molar-refractivity contribution is 7.47. The third kappa shape index (κ3) is 70.3. The maximum Gasteiger partial charge on any atom is 0.472 e. The molecule has 0 aliphatic rings. The van der Waals surface area contributed by atoms with Crippen LogP contribution in [0.5, 0.6) is 0 Å². The van der Waals surface area contributed by atoms with Crippen LogP contribution < -0.4 is 0 Å². The van der Waals surface area contributed by atoms with Gasteiger partial charge in [-0.2, -0.15) is 0 Å². The summed E-state index contributed by atoms with van der Waals surface area (Å²) < 4.78 is 68.4. The molecule has 19 heteroatoms. The van der Waals surface area contributed by atoms with Gasteiger partial charge < -0.3 is 33.8 Å². The van der Waals surface area contributed by atoms with Crippen LogP contribution >= 0.6 is 15.6 Å². The Hall–Kier alpha value is -1.94. The maximum absolute atomic E-state index is 13.1. The van der Waals surface area contributed by atoms with Crippen LogP contribution in [0.3, 0.4) is 0 Å². The summed E-state index contributed by atoms with van der Waals surface area (Å²) in [5.41, 5.74) is 0. The number of hydrogen-bond acceptors (Lipinski definition) is 15. The summed E-state index contributed by atoms with van der Waals surface area (Å²) in [6, 6.07) is 0. The van der Waals surface area contributed by atoms with Crippen molar-refractivity contribution in [3.05, 3.63) is 0 Å². The first kappa shape index (κ1) is 93.1. The van der Waals surface area contributed by atoms with Gasteiger partial charge in [-0.3, -0.25) is 37.3 Å². The smallest absolute Gasteiger partial charge is 0.462 e. The Labute approximate surface area is 581 Å². The topological polar surface area (TPSA) is 237 Å². The van der Waals surface area contributed by atoms with Crippen LogP contribution in [-0.2, 0) is 65.4 Å². The largest absolute Gasteiger partial charge is 0.472 e. The van der Waals surface area contributed by atoms with E-state index in [0.29, 0.717) is 31.6 Å². The Morgan fingerprint density at radius 1 is 0.263 bits per heavy atom. The molecule has 0 saturated carbocycles. The van der Waals surface area contributed by atoms with E-state index in [1.165, 1.54) is 186 Å². The van der Waals surface area contributed by atoms with Crippen LogP contribution in [0.15, 0.2) is 0 Å². The van der Waals surface area contributed by atoms with Crippen LogP contribution in [0.25, 0.3) is 0 Å². The molecule has 0 saturated heterocycles. The summed E-state index contributed by atoms with van der Waals surface area (Å²) in [6.07, 6.45) is 50.3. The summed E-state index contributed by atoms with van der Waals surface area (Å²) in [5.74, 6) is 0.872. The molecule has 0 aromatic heterocycles. The van der Waals surface area contributed by atoms with Crippen molar-refractivity contribution in [1.82, 2.24) is 0 Å². The molecule has 0 rings (SSSR count). The number of aliphatic hydroxyl groups excluding tert-OH is 1. The average molecular weight is 1400 g/mol. The summed E-state index contributed by atoms with van der Waals surface area (Å²) in [7, 11) is -9.91. The summed E-state index contributed by atoms with van der Waals surface area (Å²) in [4.78, 5) is 72.7. The Morgan fingerprint density at radius 3 is 0.653 bits per heavy atom. The molecular weight excluding hydrogens is 1250 g/mol. The van der Waals surface area contributed by atoms with Crippen molar-refractivity contribution in [3.63, 3.8) is 0 Å². The van der Waals surface area contributed by atoms with Gasteiger partial charge in [0.15, 0.2) is 12.2 Å². The van der Waals surface area contributed by atoms with Gasteiger partial charge in [0.2, 0.25) is 0 Å². The van der Waals surface area contributed by atoms with E-state index in [0.717, 1.165) is 108 Å². The normalized spacial score (nSPS) is 14.1. The minimum absolute atomic E-state index is 0.103. The zero-order valence-corrected chi connectivity index (χ0v) is 64.1. The Kier molecular flexibility index (Phi) is 64.0. The van der Waals surface area contributed by atoms with Gasteiger partial charge in [0.25, 0.3) is 0 Å². The molecule has 0 aliphatic heterocycles. The van der Waals surface area contributed by atoms with Gasteiger partial charge in [0, 0.05) is 25.7 Å². The van der Waals surface area contributed by atoms with E-state index in [-0.39, 0.29) is 25.7 Å². The SMILES string of the molecule is CC(C)CCCCCCCCCCCCCCCCCCCCC(=O)OC[C@H](COP(=O)(O)OCC(O)COP(=O)(O)OC[C@@H](COC(=O)CCCCCCCCCCC(C)C)OC(=O)CCCCCCCCCC(C)C)OC(=O)CCCCCCCCCCCCC(C)C. The molecule has 564 valence electrons. The first-order valence-electron chi connectivity index (χ1n) is 39.2. The monoisotopic (exact) mass is 1400 g/mol. The van der Waals surface area contributed by atoms with Crippen molar-refractivity contribution < 1.29 is 80.2 Å². The molecule has 0 bridgehead atoms. The number of phosphoric acid groups is 2. The number of hydrogen-bond donors (Lipinski definition) is 3. The Morgan fingerprint density at radius 2 is 0.442 bits per heavy atom. The second-order valence-electron chi connectivity index (χ2n) is 29.3. The second kappa shape index (κ2) is 65.4. The highest BCUT2D eigenvalue weighted by Crippen LogP contribution is 2.45. The van der Waals surface area contributed by atoms with Crippen molar-refractivity contribution in [1.29, 1.82) is 0 Å². The molecule has 0 aliphatic carbocycles. The van der Waals surface area contributed by atoms with Crippen molar-refractivity contribution in [2.45, 2.75) is 401 Å². The van der Waals surface area contributed by atoms with Crippen LogP contribution in [0.1, 0.15) is 383 Å². The third-order valence-corrected chi connectivity index (χ3v) is 19.5. The summed E-state index contributed by atoms with van der Waals surface area (Å²) in [6.45, 7) is 14.1. The molecule has 3 unspecified atom stereocenters. The van der Waals surface area contributed by atoms with Crippen molar-refractivity contribution in [3.8, 4) is 0 Å². The van der Waals surface area contributed by atoms with Crippen LogP contribution in [-0.4, -0.2) is 96.7 Å². The van der Waals surface area contributed by atoms with Gasteiger partial charge in [-0.15, -0.1) is 0 Å². The molecule has 0 heterocycles. The molecular formula is C76H148O17P2. The molecule has 0 aromatic rings. The highest BCUT2D eigenvalue weighted by atomic mass is 31.2. The lowest BCUT2D eigenvalue weighted by Crippen LogP contribution is -2.30. The van der Waals surface area contributed by atoms with E-state index in [2.05, 4.69) is 55.4 Å². The van der Waals surface area contributed by atoms with E-state index >= 15 is 0 Å². The van der Waals surface area contributed by atoms with Crippen molar-refractivity contribution >= 4 is 39.5 Å². The van der Waals surface area contributed by atoms with E-state index in [9.17, 15) is 43.2 Å². The molecule has 0 amide bonds.